The van der Waals surface area contributed by atoms with Crippen molar-refractivity contribution < 1.29 is 9.59 Å². The number of nitrogens with one attached hydrogen (secondary N) is 3. The fourth-order valence-electron chi connectivity index (χ4n) is 2.08. The first kappa shape index (κ1) is 12.2. The summed E-state index contributed by atoms with van der Waals surface area (Å²) < 4.78 is 0. The van der Waals surface area contributed by atoms with Crippen molar-refractivity contribution in [1.29, 1.82) is 0 Å². The largest absolute Gasteiger partial charge is 0.348 e. The highest BCUT2D eigenvalue weighted by Crippen LogP contribution is 2.20. The van der Waals surface area contributed by atoms with Crippen LogP contribution < -0.4 is 16.2 Å². The van der Waals surface area contributed by atoms with E-state index in [1.54, 1.807) is 18.2 Å². The van der Waals surface area contributed by atoms with Crippen LogP contribution in [0, 0.1) is 0 Å². The van der Waals surface area contributed by atoms with Gasteiger partial charge in [0.15, 0.2) is 0 Å². The maximum absolute atomic E-state index is 12.0. The van der Waals surface area contributed by atoms with Crippen molar-refractivity contribution in [1.82, 2.24) is 10.3 Å². The monoisotopic (exact) mass is 269 g/mol. The molecule has 0 bridgehead atoms. The fourth-order valence-corrected chi connectivity index (χ4v) is 2.08. The van der Waals surface area contributed by atoms with Crippen LogP contribution in [0.15, 0.2) is 41.3 Å². The number of aromatic nitrogens is 1. The molecule has 1 aliphatic heterocycles. The molecule has 2 aromatic rings. The summed E-state index contributed by atoms with van der Waals surface area (Å²) in [6.45, 7) is 0.510. The van der Waals surface area contributed by atoms with E-state index in [-0.39, 0.29) is 17.0 Å². The molecule has 0 saturated heterocycles. The van der Waals surface area contributed by atoms with Crippen LogP contribution in [0.2, 0.25) is 0 Å². The van der Waals surface area contributed by atoms with E-state index in [4.69, 9.17) is 0 Å². The van der Waals surface area contributed by atoms with Crippen LogP contribution in [0.3, 0.4) is 0 Å². The van der Waals surface area contributed by atoms with Crippen molar-refractivity contribution >= 4 is 17.5 Å². The summed E-state index contributed by atoms with van der Waals surface area (Å²) in [4.78, 5) is 37.1. The van der Waals surface area contributed by atoms with Crippen molar-refractivity contribution in [2.24, 2.45) is 0 Å². The van der Waals surface area contributed by atoms with Gasteiger partial charge in [0.05, 0.1) is 0 Å². The van der Waals surface area contributed by atoms with Crippen LogP contribution >= 0.6 is 0 Å². The highest BCUT2D eigenvalue weighted by molar-refractivity contribution is 6.05. The summed E-state index contributed by atoms with van der Waals surface area (Å²) in [5, 5.41) is 5.37. The maximum atomic E-state index is 12.0. The average Bonchev–Trinajstić information content (AvgIpc) is 2.80. The second kappa shape index (κ2) is 4.65. The second-order valence-corrected chi connectivity index (χ2v) is 4.45. The van der Waals surface area contributed by atoms with Gasteiger partial charge >= 0.3 is 0 Å². The number of fused-ring (bicyclic) bond motifs is 1. The van der Waals surface area contributed by atoms with E-state index in [0.717, 1.165) is 5.56 Å². The zero-order chi connectivity index (χ0) is 14.1. The van der Waals surface area contributed by atoms with Crippen LogP contribution in [0.1, 0.15) is 26.3 Å². The van der Waals surface area contributed by atoms with Gasteiger partial charge < -0.3 is 15.6 Å². The molecule has 0 spiro atoms. The van der Waals surface area contributed by atoms with Gasteiger partial charge in [0.25, 0.3) is 11.8 Å². The van der Waals surface area contributed by atoms with Gasteiger partial charge in [0.2, 0.25) is 5.56 Å². The Labute approximate surface area is 113 Å². The number of carbonyl (C=O) groups excluding carboxylic acids is 2. The fraction of sp³-hybridized carbons (Fsp3) is 0.0714. The first-order valence-corrected chi connectivity index (χ1v) is 6.05. The van der Waals surface area contributed by atoms with Crippen molar-refractivity contribution in [3.8, 4) is 0 Å². The third kappa shape index (κ3) is 2.18. The van der Waals surface area contributed by atoms with E-state index in [1.807, 2.05) is 0 Å². The molecular weight excluding hydrogens is 258 g/mol. The topological polar surface area (TPSA) is 91.1 Å². The van der Waals surface area contributed by atoms with Gasteiger partial charge in [-0.25, -0.2) is 0 Å². The SMILES string of the molecule is O=C(Nc1ccc2c(c1)C(=O)NC2)c1cc[nH]c(=O)c1. The molecular formula is C14H11N3O3. The Balaban J connectivity index is 1.85. The van der Waals surface area contributed by atoms with Crippen LogP contribution in [0.25, 0.3) is 0 Å². The van der Waals surface area contributed by atoms with Crippen molar-refractivity contribution in [3.63, 3.8) is 0 Å². The van der Waals surface area contributed by atoms with E-state index < -0.39 is 5.91 Å². The maximum Gasteiger partial charge on any atom is 0.255 e. The molecule has 0 fully saturated rings. The predicted octanol–water partition coefficient (Wildman–Crippen LogP) is 0.871. The molecule has 0 radical (unpaired) electrons. The van der Waals surface area contributed by atoms with Crippen molar-refractivity contribution in [2.75, 3.05) is 5.32 Å². The number of pyridine rings is 1. The van der Waals surface area contributed by atoms with E-state index in [2.05, 4.69) is 15.6 Å². The molecule has 0 unspecified atom stereocenters. The minimum Gasteiger partial charge on any atom is -0.348 e. The normalized spacial score (nSPS) is 12.7. The molecule has 6 nitrogen and oxygen atoms in total. The molecule has 0 aliphatic carbocycles. The minimum atomic E-state index is -0.394. The minimum absolute atomic E-state index is 0.146. The van der Waals surface area contributed by atoms with Gasteiger partial charge in [0, 0.05) is 35.6 Å². The van der Waals surface area contributed by atoms with Gasteiger partial charge in [-0.2, -0.15) is 0 Å². The Morgan fingerprint density at radius 1 is 1.15 bits per heavy atom. The molecule has 3 N–H and O–H groups in total. The summed E-state index contributed by atoms with van der Waals surface area (Å²) in [6, 6.07) is 7.87. The number of aromatic amines is 1. The molecule has 1 aliphatic rings. The molecule has 2 heterocycles. The zero-order valence-electron chi connectivity index (χ0n) is 10.4. The van der Waals surface area contributed by atoms with Crippen LogP contribution in [0.4, 0.5) is 5.69 Å². The number of rotatable bonds is 2. The quantitative estimate of drug-likeness (QED) is 0.755. The van der Waals surface area contributed by atoms with Gasteiger partial charge in [-0.05, 0) is 23.8 Å². The Morgan fingerprint density at radius 3 is 2.80 bits per heavy atom. The van der Waals surface area contributed by atoms with Crippen molar-refractivity contribution in [2.45, 2.75) is 6.54 Å². The van der Waals surface area contributed by atoms with Gasteiger partial charge in [-0.3, -0.25) is 14.4 Å². The van der Waals surface area contributed by atoms with Crippen LogP contribution in [-0.4, -0.2) is 16.8 Å². The number of hydrogen-bond acceptors (Lipinski definition) is 3. The van der Waals surface area contributed by atoms with E-state index in [0.29, 0.717) is 17.8 Å². The standard InChI is InChI=1S/C14H11N3O3/c18-12-5-8(3-4-15-12)13(19)17-10-2-1-9-7-16-14(20)11(9)6-10/h1-6H,7H2,(H,15,18)(H,16,20)(H,17,19). The smallest absolute Gasteiger partial charge is 0.255 e. The highest BCUT2D eigenvalue weighted by Gasteiger charge is 2.19. The Morgan fingerprint density at radius 2 is 2.00 bits per heavy atom. The molecule has 1 aromatic carbocycles. The number of benzene rings is 1. The Bertz CT molecular complexity index is 764. The lowest BCUT2D eigenvalue weighted by Crippen LogP contribution is -2.16. The summed E-state index contributed by atoms with van der Waals surface area (Å²) in [5.41, 5.74) is 1.91. The molecule has 0 saturated carbocycles. The molecule has 3 rings (SSSR count). The summed E-state index contributed by atoms with van der Waals surface area (Å²) in [6.07, 6.45) is 1.41. The first-order valence-electron chi connectivity index (χ1n) is 6.05. The summed E-state index contributed by atoms with van der Waals surface area (Å²) in [5.74, 6) is -0.540. The number of H-pyrrole nitrogens is 1. The molecule has 20 heavy (non-hydrogen) atoms. The first-order chi connectivity index (χ1) is 9.63. The lowest BCUT2D eigenvalue weighted by Gasteiger charge is -2.06. The van der Waals surface area contributed by atoms with Crippen LogP contribution in [0.5, 0.6) is 0 Å². The average molecular weight is 269 g/mol. The molecule has 2 amide bonds. The zero-order valence-corrected chi connectivity index (χ0v) is 10.4. The van der Waals surface area contributed by atoms with Gasteiger partial charge in [-0.1, -0.05) is 6.07 Å². The molecule has 100 valence electrons. The van der Waals surface area contributed by atoms with E-state index in [9.17, 15) is 14.4 Å². The molecule has 6 heteroatoms. The highest BCUT2D eigenvalue weighted by atomic mass is 16.2. The van der Waals surface area contributed by atoms with Crippen LogP contribution in [-0.2, 0) is 6.54 Å². The second-order valence-electron chi connectivity index (χ2n) is 4.45. The third-order valence-corrected chi connectivity index (χ3v) is 3.09. The lowest BCUT2D eigenvalue weighted by molar-refractivity contribution is 0.0964. The molecule has 1 aromatic heterocycles. The number of hydrogen-bond donors (Lipinski definition) is 3. The number of anilines is 1. The van der Waals surface area contributed by atoms with Gasteiger partial charge in [-0.15, -0.1) is 0 Å². The summed E-state index contributed by atoms with van der Waals surface area (Å²) in [7, 11) is 0. The van der Waals surface area contributed by atoms with E-state index in [1.165, 1.54) is 18.3 Å². The number of carbonyl (C=O) groups is 2. The molecule has 0 atom stereocenters. The number of amides is 2. The Kier molecular flexibility index (Phi) is 2.83. The third-order valence-electron chi connectivity index (χ3n) is 3.09. The Hall–Kier alpha value is -2.89. The van der Waals surface area contributed by atoms with Gasteiger partial charge in [0.1, 0.15) is 0 Å². The van der Waals surface area contributed by atoms with Crippen molar-refractivity contribution in [3.05, 3.63) is 63.6 Å². The lowest BCUT2D eigenvalue weighted by atomic mass is 10.1. The van der Waals surface area contributed by atoms with E-state index >= 15 is 0 Å². The predicted molar refractivity (Wildman–Crippen MR) is 72.6 cm³/mol. The summed E-state index contributed by atoms with van der Waals surface area (Å²) >= 11 is 0.